The molecule has 0 fully saturated rings. The van der Waals surface area contributed by atoms with Gasteiger partial charge in [0.1, 0.15) is 11.4 Å². The number of aromatic nitrogens is 3. The number of anilines is 4. The van der Waals surface area contributed by atoms with Gasteiger partial charge in [0.25, 0.3) is 5.91 Å². The Morgan fingerprint density at radius 2 is 1.59 bits per heavy atom. The summed E-state index contributed by atoms with van der Waals surface area (Å²) in [6.07, 6.45) is 3.48. The molecule has 0 spiro atoms. The molecule has 0 aliphatic rings. The highest BCUT2D eigenvalue weighted by molar-refractivity contribution is 6.10. The SMILES string of the molecule is O=C(Nc1ccc(N(c2cccc3c2oc2ccccc23)c2nccc3ccnn23)cc1)c1ccc(F)cc1. The third kappa shape index (κ3) is 3.95. The largest absolute Gasteiger partial charge is 0.454 e. The summed E-state index contributed by atoms with van der Waals surface area (Å²) in [5.74, 6) is -0.139. The molecule has 39 heavy (non-hydrogen) atoms. The molecule has 0 aliphatic carbocycles. The monoisotopic (exact) mass is 513 g/mol. The Kier molecular flexibility index (Phi) is 5.30. The minimum absolute atomic E-state index is 0.324. The molecule has 1 amide bonds. The molecule has 0 saturated heterocycles. The van der Waals surface area contributed by atoms with Crippen LogP contribution < -0.4 is 10.2 Å². The number of nitrogens with one attached hydrogen (secondary N) is 1. The number of rotatable bonds is 5. The first-order valence-electron chi connectivity index (χ1n) is 12.3. The van der Waals surface area contributed by atoms with Gasteiger partial charge in [-0.25, -0.2) is 9.37 Å². The second kappa shape index (κ2) is 9.11. The van der Waals surface area contributed by atoms with E-state index in [0.717, 1.165) is 38.8 Å². The smallest absolute Gasteiger partial charge is 0.255 e. The van der Waals surface area contributed by atoms with E-state index >= 15 is 0 Å². The number of carbonyl (C=O) groups excluding carboxylic acids is 1. The van der Waals surface area contributed by atoms with Crippen LogP contribution in [0.15, 0.2) is 120 Å². The normalized spacial score (nSPS) is 11.3. The van der Waals surface area contributed by atoms with Crippen molar-refractivity contribution in [2.24, 2.45) is 0 Å². The summed E-state index contributed by atoms with van der Waals surface area (Å²) in [5.41, 5.74) is 4.96. The second-order valence-electron chi connectivity index (χ2n) is 9.01. The number of para-hydroxylation sites is 2. The molecule has 0 saturated carbocycles. The number of carbonyl (C=O) groups is 1. The van der Waals surface area contributed by atoms with Crippen LogP contribution in [-0.4, -0.2) is 20.5 Å². The van der Waals surface area contributed by atoms with E-state index in [1.54, 1.807) is 16.9 Å². The molecule has 188 valence electrons. The fourth-order valence-corrected chi connectivity index (χ4v) is 4.76. The van der Waals surface area contributed by atoms with Gasteiger partial charge >= 0.3 is 0 Å². The van der Waals surface area contributed by atoms with Crippen molar-refractivity contribution in [2.75, 3.05) is 10.2 Å². The zero-order valence-corrected chi connectivity index (χ0v) is 20.5. The van der Waals surface area contributed by atoms with Crippen LogP contribution >= 0.6 is 0 Å². The van der Waals surface area contributed by atoms with E-state index in [9.17, 15) is 9.18 Å². The molecule has 4 aromatic carbocycles. The molecule has 0 atom stereocenters. The molecule has 0 aliphatic heterocycles. The van der Waals surface area contributed by atoms with E-state index < -0.39 is 5.82 Å². The molecule has 8 heteroatoms. The second-order valence-corrected chi connectivity index (χ2v) is 9.01. The number of hydrogen-bond donors (Lipinski definition) is 1. The summed E-state index contributed by atoms with van der Waals surface area (Å²) in [6, 6.07) is 30.6. The lowest BCUT2D eigenvalue weighted by molar-refractivity contribution is 0.102. The lowest BCUT2D eigenvalue weighted by atomic mass is 10.1. The van der Waals surface area contributed by atoms with Gasteiger partial charge in [-0.1, -0.05) is 30.3 Å². The molecule has 7 nitrogen and oxygen atoms in total. The van der Waals surface area contributed by atoms with Gasteiger partial charge in [0, 0.05) is 33.9 Å². The van der Waals surface area contributed by atoms with E-state index in [2.05, 4.69) is 10.4 Å². The van der Waals surface area contributed by atoms with Crippen LogP contribution in [0.4, 0.5) is 27.4 Å². The first kappa shape index (κ1) is 22.7. The quantitative estimate of drug-likeness (QED) is 0.258. The fraction of sp³-hybridized carbons (Fsp3) is 0. The first-order chi connectivity index (χ1) is 19.2. The van der Waals surface area contributed by atoms with Crippen molar-refractivity contribution in [3.05, 3.63) is 127 Å². The Hall–Kier alpha value is -5.50. The summed E-state index contributed by atoms with van der Waals surface area (Å²) in [4.78, 5) is 19.3. The molecule has 7 rings (SSSR count). The highest BCUT2D eigenvalue weighted by Gasteiger charge is 2.22. The van der Waals surface area contributed by atoms with Crippen molar-refractivity contribution < 1.29 is 13.6 Å². The van der Waals surface area contributed by atoms with Gasteiger partial charge in [0.2, 0.25) is 5.95 Å². The van der Waals surface area contributed by atoms with E-state index in [4.69, 9.17) is 9.40 Å². The Morgan fingerprint density at radius 1 is 0.821 bits per heavy atom. The van der Waals surface area contributed by atoms with Crippen molar-refractivity contribution in [2.45, 2.75) is 0 Å². The zero-order valence-electron chi connectivity index (χ0n) is 20.5. The Bertz CT molecular complexity index is 1980. The van der Waals surface area contributed by atoms with Crippen LogP contribution in [0.1, 0.15) is 10.4 Å². The van der Waals surface area contributed by atoms with Crippen molar-refractivity contribution in [1.29, 1.82) is 0 Å². The molecule has 0 bridgehead atoms. The van der Waals surface area contributed by atoms with Crippen molar-refractivity contribution in [3.63, 3.8) is 0 Å². The average Bonchev–Trinajstić information content (AvgIpc) is 3.60. The van der Waals surface area contributed by atoms with Gasteiger partial charge in [-0.2, -0.15) is 9.61 Å². The Morgan fingerprint density at radius 3 is 2.44 bits per heavy atom. The van der Waals surface area contributed by atoms with Crippen LogP contribution in [0.5, 0.6) is 0 Å². The van der Waals surface area contributed by atoms with Crippen LogP contribution in [-0.2, 0) is 0 Å². The molecular formula is C31H20FN5O2. The van der Waals surface area contributed by atoms with E-state index in [1.165, 1.54) is 24.3 Å². The Balaban J connectivity index is 1.34. The number of fused-ring (bicyclic) bond motifs is 4. The number of benzene rings is 4. The van der Waals surface area contributed by atoms with E-state index in [-0.39, 0.29) is 5.91 Å². The minimum atomic E-state index is -0.392. The van der Waals surface area contributed by atoms with Crippen LogP contribution in [0.3, 0.4) is 0 Å². The summed E-state index contributed by atoms with van der Waals surface area (Å²) in [6.45, 7) is 0. The number of hydrogen-bond acceptors (Lipinski definition) is 5. The molecule has 0 unspecified atom stereocenters. The fourth-order valence-electron chi connectivity index (χ4n) is 4.76. The summed E-state index contributed by atoms with van der Waals surface area (Å²) in [7, 11) is 0. The van der Waals surface area contributed by atoms with Gasteiger partial charge in [0.05, 0.1) is 17.4 Å². The van der Waals surface area contributed by atoms with Crippen molar-refractivity contribution in [3.8, 4) is 0 Å². The van der Waals surface area contributed by atoms with E-state index in [0.29, 0.717) is 17.2 Å². The molecule has 3 heterocycles. The summed E-state index contributed by atoms with van der Waals surface area (Å²) >= 11 is 0. The van der Waals surface area contributed by atoms with Gasteiger partial charge in [0.15, 0.2) is 5.58 Å². The third-order valence-electron chi connectivity index (χ3n) is 6.61. The maximum atomic E-state index is 13.3. The van der Waals surface area contributed by atoms with E-state index in [1.807, 2.05) is 83.8 Å². The van der Waals surface area contributed by atoms with Crippen LogP contribution in [0, 0.1) is 5.82 Å². The van der Waals surface area contributed by atoms with Crippen LogP contribution in [0.25, 0.3) is 27.5 Å². The van der Waals surface area contributed by atoms with Crippen molar-refractivity contribution in [1.82, 2.24) is 14.6 Å². The lowest BCUT2D eigenvalue weighted by Crippen LogP contribution is -2.16. The highest BCUT2D eigenvalue weighted by atomic mass is 19.1. The zero-order chi connectivity index (χ0) is 26.3. The summed E-state index contributed by atoms with van der Waals surface area (Å²) < 4.78 is 21.4. The molecular weight excluding hydrogens is 493 g/mol. The standard InChI is InChI=1S/C31H20FN5O2/c32-21-10-8-20(9-11-21)30(38)35-22-12-14-23(15-13-22)36(31-33-18-16-24-17-19-34-37(24)31)27-6-3-5-26-25-4-1-2-7-28(25)39-29(26)27/h1-19H,(H,35,38). The topological polar surface area (TPSA) is 75.7 Å². The van der Waals surface area contributed by atoms with Crippen molar-refractivity contribution >= 4 is 56.4 Å². The third-order valence-corrected chi connectivity index (χ3v) is 6.61. The lowest BCUT2D eigenvalue weighted by Gasteiger charge is -2.24. The number of halogens is 1. The maximum Gasteiger partial charge on any atom is 0.255 e. The first-order valence-corrected chi connectivity index (χ1v) is 12.3. The molecule has 3 aromatic heterocycles. The van der Waals surface area contributed by atoms with Gasteiger partial charge < -0.3 is 9.73 Å². The molecule has 7 aromatic rings. The van der Waals surface area contributed by atoms with Crippen LogP contribution in [0.2, 0.25) is 0 Å². The highest BCUT2D eigenvalue weighted by Crippen LogP contribution is 2.41. The number of nitrogens with zero attached hydrogens (tertiary/aromatic N) is 4. The van der Waals surface area contributed by atoms with Gasteiger partial charge in [-0.15, -0.1) is 0 Å². The predicted octanol–water partition coefficient (Wildman–Crippen LogP) is 7.49. The molecule has 1 N–H and O–H groups in total. The Labute approximate surface area is 221 Å². The van der Waals surface area contributed by atoms with Gasteiger partial charge in [-0.05, 0) is 72.8 Å². The van der Waals surface area contributed by atoms with Gasteiger partial charge in [-0.3, -0.25) is 9.69 Å². The average molecular weight is 514 g/mol. The maximum absolute atomic E-state index is 13.3. The summed E-state index contributed by atoms with van der Waals surface area (Å²) in [5, 5.41) is 9.39. The minimum Gasteiger partial charge on any atom is -0.454 e. The number of furan rings is 1. The molecule has 0 radical (unpaired) electrons. The number of amides is 1. The predicted molar refractivity (Wildman–Crippen MR) is 149 cm³/mol.